The van der Waals surface area contributed by atoms with Crippen molar-refractivity contribution in [3.63, 3.8) is 0 Å². The van der Waals surface area contributed by atoms with Crippen LogP contribution >= 0.6 is 0 Å². The van der Waals surface area contributed by atoms with Gasteiger partial charge in [-0.3, -0.25) is 0 Å². The number of aliphatic hydroxyl groups excluding tert-OH is 2. The smallest absolute Gasteiger partial charge is 0.185 e. The minimum Gasteiger partial charge on any atom is -0.390 e. The van der Waals surface area contributed by atoms with E-state index in [1.165, 1.54) is 7.11 Å². The number of hydrogen-bond acceptors (Lipinski definition) is 4. The molecule has 1 heterocycles. The summed E-state index contributed by atoms with van der Waals surface area (Å²) >= 11 is 0. The number of hydrogen-bond donors (Lipinski definition) is 2. The molecule has 0 aliphatic carbocycles. The topological polar surface area (TPSA) is 58.9 Å². The quantitative estimate of drug-likeness (QED) is 0.616. The molecule has 1 aliphatic rings. The van der Waals surface area contributed by atoms with E-state index >= 15 is 0 Å². The Morgan fingerprint density at radius 2 is 2.17 bits per heavy atom. The average molecular weight is 176 g/mol. The summed E-state index contributed by atoms with van der Waals surface area (Å²) in [6.07, 6.45) is -1.03. The number of aliphatic hydroxyl groups is 2. The molecule has 2 N–H and O–H groups in total. The van der Waals surface area contributed by atoms with Crippen LogP contribution in [0.15, 0.2) is 0 Å². The molecule has 1 saturated heterocycles. The maximum Gasteiger partial charge on any atom is 0.185 e. The highest BCUT2D eigenvalue weighted by atomic mass is 16.7. The normalized spacial score (nSPS) is 43.0. The van der Waals surface area contributed by atoms with E-state index < -0.39 is 18.5 Å². The molecule has 1 aliphatic heterocycles. The van der Waals surface area contributed by atoms with Gasteiger partial charge in [-0.25, -0.2) is 0 Å². The van der Waals surface area contributed by atoms with Gasteiger partial charge in [-0.1, -0.05) is 6.92 Å². The van der Waals surface area contributed by atoms with E-state index in [0.717, 1.165) is 6.42 Å². The van der Waals surface area contributed by atoms with E-state index in [-0.39, 0.29) is 6.10 Å². The predicted molar refractivity (Wildman–Crippen MR) is 42.6 cm³/mol. The summed E-state index contributed by atoms with van der Waals surface area (Å²) in [6.45, 7) is 1.97. The van der Waals surface area contributed by atoms with Gasteiger partial charge in [0.05, 0.1) is 12.2 Å². The lowest BCUT2D eigenvalue weighted by atomic mass is 10.0. The van der Waals surface area contributed by atoms with Crippen LogP contribution in [0.4, 0.5) is 0 Å². The van der Waals surface area contributed by atoms with Gasteiger partial charge < -0.3 is 19.7 Å². The molecular weight excluding hydrogens is 160 g/mol. The third-order valence-corrected chi connectivity index (χ3v) is 2.19. The van der Waals surface area contributed by atoms with Crippen molar-refractivity contribution >= 4 is 0 Å². The number of ether oxygens (including phenoxy) is 2. The summed E-state index contributed by atoms with van der Waals surface area (Å²) < 4.78 is 10.2. The van der Waals surface area contributed by atoms with Gasteiger partial charge in [-0.15, -0.1) is 0 Å². The molecule has 0 aromatic heterocycles. The average Bonchev–Trinajstić information content (AvgIpc) is 2.09. The number of rotatable bonds is 2. The fourth-order valence-corrected chi connectivity index (χ4v) is 1.37. The Bertz CT molecular complexity index is 139. The van der Waals surface area contributed by atoms with Gasteiger partial charge in [0, 0.05) is 13.5 Å². The Morgan fingerprint density at radius 1 is 1.50 bits per heavy atom. The third kappa shape index (κ3) is 1.95. The van der Waals surface area contributed by atoms with Crippen LogP contribution in [0.25, 0.3) is 0 Å². The fourth-order valence-electron chi connectivity index (χ4n) is 1.37. The molecule has 4 atom stereocenters. The first-order chi connectivity index (χ1) is 5.69. The summed E-state index contributed by atoms with van der Waals surface area (Å²) in [5.41, 5.74) is 0. The molecule has 4 heteroatoms. The van der Waals surface area contributed by atoms with E-state index in [2.05, 4.69) is 0 Å². The fraction of sp³-hybridized carbons (Fsp3) is 1.00. The van der Waals surface area contributed by atoms with E-state index in [9.17, 15) is 10.2 Å². The molecule has 1 rings (SSSR count). The molecule has 1 fully saturated rings. The van der Waals surface area contributed by atoms with E-state index in [1.807, 2.05) is 6.92 Å². The second kappa shape index (κ2) is 4.18. The Labute approximate surface area is 72.1 Å². The summed E-state index contributed by atoms with van der Waals surface area (Å²) in [4.78, 5) is 0. The maximum atomic E-state index is 9.37. The monoisotopic (exact) mass is 176 g/mol. The highest BCUT2D eigenvalue weighted by molar-refractivity contribution is 4.80. The van der Waals surface area contributed by atoms with E-state index in [1.54, 1.807) is 0 Å². The van der Waals surface area contributed by atoms with Crippen LogP contribution in [0.1, 0.15) is 19.8 Å². The van der Waals surface area contributed by atoms with Crippen molar-refractivity contribution in [1.82, 2.24) is 0 Å². The van der Waals surface area contributed by atoms with Crippen LogP contribution in [0.3, 0.4) is 0 Å². The summed E-state index contributed by atoms with van der Waals surface area (Å²) in [5, 5.41) is 18.7. The van der Waals surface area contributed by atoms with Crippen molar-refractivity contribution in [1.29, 1.82) is 0 Å². The van der Waals surface area contributed by atoms with Gasteiger partial charge in [0.25, 0.3) is 0 Å². The van der Waals surface area contributed by atoms with Gasteiger partial charge in [-0.05, 0) is 6.42 Å². The molecule has 2 unspecified atom stereocenters. The Morgan fingerprint density at radius 3 is 2.67 bits per heavy atom. The summed E-state index contributed by atoms with van der Waals surface area (Å²) in [7, 11) is 1.46. The zero-order valence-electron chi connectivity index (χ0n) is 7.43. The van der Waals surface area contributed by atoms with Crippen LogP contribution in [0.2, 0.25) is 0 Å². The molecule has 12 heavy (non-hydrogen) atoms. The first kappa shape index (κ1) is 9.92. The van der Waals surface area contributed by atoms with Crippen LogP contribution < -0.4 is 0 Å². The van der Waals surface area contributed by atoms with Crippen molar-refractivity contribution in [3.8, 4) is 0 Å². The Kier molecular flexibility index (Phi) is 3.46. The Balaban J connectivity index is 2.52. The van der Waals surface area contributed by atoms with Crippen LogP contribution in [-0.4, -0.2) is 41.9 Å². The lowest BCUT2D eigenvalue weighted by molar-refractivity contribution is -0.257. The summed E-state index contributed by atoms with van der Waals surface area (Å²) in [5.74, 6) is 0. The SMILES string of the molecule is CCC1C[C@H](O)C(O)[C@@H](OC)O1. The van der Waals surface area contributed by atoms with Gasteiger partial charge in [0.2, 0.25) is 0 Å². The molecule has 0 bridgehead atoms. The molecular formula is C8H16O4. The standard InChI is InChI=1S/C8H16O4/c1-3-5-4-6(9)7(10)8(11-2)12-5/h5-10H,3-4H2,1-2H3/t5?,6-,7?,8-/m0/s1. The van der Waals surface area contributed by atoms with Crippen LogP contribution in [-0.2, 0) is 9.47 Å². The third-order valence-electron chi connectivity index (χ3n) is 2.19. The molecule has 0 aromatic carbocycles. The molecule has 72 valence electrons. The van der Waals surface area contributed by atoms with Gasteiger partial charge >= 0.3 is 0 Å². The molecule has 0 saturated carbocycles. The van der Waals surface area contributed by atoms with Crippen molar-refractivity contribution < 1.29 is 19.7 Å². The summed E-state index contributed by atoms with van der Waals surface area (Å²) in [6, 6.07) is 0. The van der Waals surface area contributed by atoms with Crippen LogP contribution in [0.5, 0.6) is 0 Å². The number of methoxy groups -OCH3 is 1. The van der Waals surface area contributed by atoms with Crippen molar-refractivity contribution in [2.75, 3.05) is 7.11 Å². The zero-order valence-corrected chi connectivity index (χ0v) is 7.43. The largest absolute Gasteiger partial charge is 0.390 e. The first-order valence-corrected chi connectivity index (χ1v) is 4.23. The molecule has 0 spiro atoms. The molecule has 0 radical (unpaired) electrons. The minimum absolute atomic E-state index is 0.00616. The first-order valence-electron chi connectivity index (χ1n) is 4.23. The van der Waals surface area contributed by atoms with Crippen molar-refractivity contribution in [3.05, 3.63) is 0 Å². The molecule has 0 aromatic rings. The van der Waals surface area contributed by atoms with Crippen LogP contribution in [0, 0.1) is 0 Å². The van der Waals surface area contributed by atoms with Crippen molar-refractivity contribution in [2.45, 2.75) is 44.4 Å². The lowest BCUT2D eigenvalue weighted by Gasteiger charge is -2.35. The van der Waals surface area contributed by atoms with E-state index in [0.29, 0.717) is 6.42 Å². The molecule has 4 nitrogen and oxygen atoms in total. The second-order valence-electron chi connectivity index (χ2n) is 3.06. The lowest BCUT2D eigenvalue weighted by Crippen LogP contribution is -2.48. The van der Waals surface area contributed by atoms with Gasteiger partial charge in [0.15, 0.2) is 6.29 Å². The maximum absolute atomic E-state index is 9.37. The Hall–Kier alpha value is -0.160. The second-order valence-corrected chi connectivity index (χ2v) is 3.06. The van der Waals surface area contributed by atoms with Gasteiger partial charge in [0.1, 0.15) is 6.10 Å². The predicted octanol–water partition coefficient (Wildman–Crippen LogP) is -0.120. The minimum atomic E-state index is -0.919. The highest BCUT2D eigenvalue weighted by Gasteiger charge is 2.35. The zero-order chi connectivity index (χ0) is 9.14. The van der Waals surface area contributed by atoms with E-state index in [4.69, 9.17) is 9.47 Å². The van der Waals surface area contributed by atoms with Crippen molar-refractivity contribution in [2.24, 2.45) is 0 Å². The highest BCUT2D eigenvalue weighted by Crippen LogP contribution is 2.22. The molecule has 0 amide bonds. The van der Waals surface area contributed by atoms with Gasteiger partial charge in [-0.2, -0.15) is 0 Å².